The van der Waals surface area contributed by atoms with Crippen LogP contribution in [0.3, 0.4) is 0 Å². The smallest absolute Gasteiger partial charge is 0.341 e. The highest BCUT2D eigenvalue weighted by Crippen LogP contribution is 2.24. The molecule has 0 radical (unpaired) electrons. The number of rotatable bonds is 3. The first-order valence-electron chi connectivity index (χ1n) is 7.96. The highest BCUT2D eigenvalue weighted by Gasteiger charge is 2.21. The van der Waals surface area contributed by atoms with Crippen LogP contribution in [-0.2, 0) is 4.74 Å². The van der Waals surface area contributed by atoms with E-state index in [0.717, 1.165) is 24.5 Å². The Balaban J connectivity index is 2.03. The maximum atomic E-state index is 12.7. The van der Waals surface area contributed by atoms with Crippen LogP contribution in [0.4, 0.5) is 5.82 Å². The Labute approximate surface area is 151 Å². The van der Waals surface area contributed by atoms with Crippen molar-refractivity contribution in [3.63, 3.8) is 0 Å². The molecule has 10 heteroatoms. The first kappa shape index (κ1) is 16.6. The lowest BCUT2D eigenvalue weighted by Crippen LogP contribution is -2.34. The summed E-state index contributed by atoms with van der Waals surface area (Å²) in [5, 5.41) is 10.1. The number of ether oxygens (including phenoxy) is 1. The summed E-state index contributed by atoms with van der Waals surface area (Å²) in [6.45, 7) is 3.71. The fourth-order valence-corrected chi connectivity index (χ4v) is 3.50. The summed E-state index contributed by atoms with van der Waals surface area (Å²) in [5.74, 6) is -0.612. The molecule has 0 saturated carbocycles. The van der Waals surface area contributed by atoms with Crippen LogP contribution in [0.25, 0.3) is 16.2 Å². The molecule has 3 aromatic rings. The van der Waals surface area contributed by atoms with Crippen LogP contribution in [0.2, 0.25) is 0 Å². The normalized spacial score (nSPS) is 14.7. The molecule has 0 amide bonds. The van der Waals surface area contributed by atoms with Gasteiger partial charge in [-0.3, -0.25) is 9.36 Å². The predicted molar refractivity (Wildman–Crippen MR) is 95.3 cm³/mol. The van der Waals surface area contributed by atoms with Gasteiger partial charge in [0.1, 0.15) is 24.4 Å². The summed E-state index contributed by atoms with van der Waals surface area (Å²) in [4.78, 5) is 35.0. The van der Waals surface area contributed by atoms with Gasteiger partial charge in [0.25, 0.3) is 0 Å². The van der Waals surface area contributed by atoms with Gasteiger partial charge in [-0.1, -0.05) is 0 Å². The minimum Gasteiger partial charge on any atom is -0.477 e. The topological polar surface area (TPSA) is 110 Å². The lowest BCUT2D eigenvalue weighted by molar-refractivity contribution is 0.0695. The van der Waals surface area contributed by atoms with Crippen molar-refractivity contribution < 1.29 is 14.6 Å². The van der Waals surface area contributed by atoms with Gasteiger partial charge in [0.15, 0.2) is 5.65 Å². The van der Waals surface area contributed by atoms with E-state index in [1.165, 1.54) is 17.1 Å². The van der Waals surface area contributed by atoms with Crippen molar-refractivity contribution in [2.24, 2.45) is 0 Å². The average Bonchev–Trinajstić information content (AvgIpc) is 3.16. The second-order valence-corrected chi connectivity index (χ2v) is 6.68. The van der Waals surface area contributed by atoms with Gasteiger partial charge in [-0.05, 0) is 25.0 Å². The number of nitrogens with zero attached hydrogens (tertiary/aromatic N) is 5. The maximum absolute atomic E-state index is 12.7. The van der Waals surface area contributed by atoms with Gasteiger partial charge in [0.2, 0.25) is 10.6 Å². The Bertz CT molecular complexity index is 1040. The molecule has 26 heavy (non-hydrogen) atoms. The number of hydrogen-bond donors (Lipinski definition) is 1. The Morgan fingerprint density at radius 2 is 2.27 bits per heavy atom. The molecule has 1 aliphatic heterocycles. The van der Waals surface area contributed by atoms with Gasteiger partial charge < -0.3 is 14.7 Å². The summed E-state index contributed by atoms with van der Waals surface area (Å²) >= 11 is 1.09. The van der Waals surface area contributed by atoms with Crippen molar-refractivity contribution >= 4 is 34.4 Å². The number of aromatic carboxylic acids is 1. The lowest BCUT2D eigenvalue weighted by Gasteiger charge is -2.28. The molecule has 1 N–H and O–H groups in total. The molecule has 0 atom stereocenters. The van der Waals surface area contributed by atoms with E-state index in [1.807, 2.05) is 4.90 Å². The summed E-state index contributed by atoms with van der Waals surface area (Å²) in [6.07, 6.45) is 3.52. The molecule has 1 aliphatic rings. The van der Waals surface area contributed by atoms with Crippen LogP contribution in [-0.4, -0.2) is 49.9 Å². The van der Waals surface area contributed by atoms with Crippen LogP contribution in [0, 0.1) is 6.92 Å². The number of hydrogen-bond acceptors (Lipinski definition) is 8. The standard InChI is InChI=1S/C16H15N5O4S/c1-9-5-11(20-3-2-4-25-8-20)19-14-12(9)13(22)10(15(23)24)6-21(14)16-17-7-18-26-16/h5-7H,2-4,8H2,1H3,(H,23,24). The van der Waals surface area contributed by atoms with Crippen LogP contribution < -0.4 is 10.3 Å². The molecular weight excluding hydrogens is 358 g/mol. The number of carboxylic acid groups (broad SMARTS) is 1. The zero-order valence-electron chi connectivity index (χ0n) is 13.9. The summed E-state index contributed by atoms with van der Waals surface area (Å²) in [5.41, 5.74) is 0.130. The van der Waals surface area contributed by atoms with Gasteiger partial charge >= 0.3 is 5.97 Å². The second kappa shape index (κ2) is 6.46. The Hall–Kier alpha value is -2.85. The third-order valence-electron chi connectivity index (χ3n) is 4.22. The minimum atomic E-state index is -1.29. The molecule has 0 unspecified atom stereocenters. The van der Waals surface area contributed by atoms with Crippen molar-refractivity contribution in [2.45, 2.75) is 13.3 Å². The number of carbonyl (C=O) groups is 1. The maximum Gasteiger partial charge on any atom is 0.341 e. The zero-order chi connectivity index (χ0) is 18.3. The van der Waals surface area contributed by atoms with E-state index in [-0.39, 0.29) is 10.9 Å². The summed E-state index contributed by atoms with van der Waals surface area (Å²) in [7, 11) is 0. The van der Waals surface area contributed by atoms with Gasteiger partial charge in [-0.25, -0.2) is 14.8 Å². The molecule has 0 spiro atoms. The fraction of sp³-hybridized carbons (Fsp3) is 0.312. The Morgan fingerprint density at radius 3 is 2.92 bits per heavy atom. The molecule has 9 nitrogen and oxygen atoms in total. The molecule has 1 saturated heterocycles. The number of carboxylic acids is 1. The van der Waals surface area contributed by atoms with Crippen LogP contribution >= 0.6 is 11.5 Å². The molecule has 134 valence electrons. The number of anilines is 1. The third-order valence-corrected chi connectivity index (χ3v) is 4.88. The van der Waals surface area contributed by atoms with Crippen molar-refractivity contribution in [2.75, 3.05) is 24.8 Å². The van der Waals surface area contributed by atoms with E-state index in [0.29, 0.717) is 35.5 Å². The molecule has 0 aromatic carbocycles. The molecule has 4 heterocycles. The van der Waals surface area contributed by atoms with Crippen molar-refractivity contribution in [3.05, 3.63) is 39.9 Å². The fourth-order valence-electron chi connectivity index (χ4n) is 2.99. The molecule has 0 bridgehead atoms. The van der Waals surface area contributed by atoms with Crippen molar-refractivity contribution in [1.82, 2.24) is 18.9 Å². The van der Waals surface area contributed by atoms with Gasteiger partial charge in [0, 0.05) is 24.3 Å². The first-order valence-corrected chi connectivity index (χ1v) is 8.73. The van der Waals surface area contributed by atoms with E-state index in [1.54, 1.807) is 13.0 Å². The number of aryl methyl sites for hydroxylation is 1. The second-order valence-electron chi connectivity index (χ2n) is 5.92. The Morgan fingerprint density at radius 1 is 1.42 bits per heavy atom. The van der Waals surface area contributed by atoms with E-state index in [4.69, 9.17) is 4.74 Å². The van der Waals surface area contributed by atoms with Crippen LogP contribution in [0.1, 0.15) is 22.3 Å². The largest absolute Gasteiger partial charge is 0.477 e. The van der Waals surface area contributed by atoms with Crippen molar-refractivity contribution in [1.29, 1.82) is 0 Å². The minimum absolute atomic E-state index is 0.266. The quantitative estimate of drug-likeness (QED) is 0.734. The molecular formula is C16H15N5O4S. The predicted octanol–water partition coefficient (Wildman–Crippen LogP) is 1.43. The highest BCUT2D eigenvalue weighted by atomic mass is 32.1. The van der Waals surface area contributed by atoms with E-state index in [9.17, 15) is 14.7 Å². The monoisotopic (exact) mass is 373 g/mol. The highest BCUT2D eigenvalue weighted by molar-refractivity contribution is 7.08. The van der Waals surface area contributed by atoms with Crippen LogP contribution in [0.15, 0.2) is 23.4 Å². The number of fused-ring (bicyclic) bond motifs is 1. The molecule has 1 fully saturated rings. The summed E-state index contributed by atoms with van der Waals surface area (Å²) < 4.78 is 11.0. The average molecular weight is 373 g/mol. The third kappa shape index (κ3) is 2.72. The van der Waals surface area contributed by atoms with Crippen molar-refractivity contribution in [3.8, 4) is 5.13 Å². The molecule has 3 aromatic heterocycles. The van der Waals surface area contributed by atoms with E-state index < -0.39 is 11.4 Å². The SMILES string of the molecule is Cc1cc(N2CCCOC2)nc2c1c(=O)c(C(=O)O)cn2-c1ncns1. The molecule has 4 rings (SSSR count). The van der Waals surface area contributed by atoms with Gasteiger partial charge in [-0.2, -0.15) is 4.37 Å². The summed E-state index contributed by atoms with van der Waals surface area (Å²) in [6, 6.07) is 1.79. The van der Waals surface area contributed by atoms with E-state index in [2.05, 4.69) is 14.3 Å². The first-order chi connectivity index (χ1) is 12.6. The van der Waals surface area contributed by atoms with E-state index >= 15 is 0 Å². The number of pyridine rings is 2. The lowest BCUT2D eigenvalue weighted by atomic mass is 10.1. The Kier molecular flexibility index (Phi) is 4.13. The van der Waals surface area contributed by atoms with Crippen LogP contribution in [0.5, 0.6) is 0 Å². The molecule has 0 aliphatic carbocycles. The van der Waals surface area contributed by atoms with Gasteiger partial charge in [-0.15, -0.1) is 0 Å². The van der Waals surface area contributed by atoms with Gasteiger partial charge in [0.05, 0.1) is 12.0 Å². The number of aromatic nitrogens is 4. The zero-order valence-corrected chi connectivity index (χ0v) is 14.7.